The topological polar surface area (TPSA) is 105 Å². The van der Waals surface area contributed by atoms with Gasteiger partial charge in [0, 0.05) is 20.3 Å². The maximum Gasteiger partial charge on any atom is 0.366 e. The molecule has 0 aliphatic heterocycles. The van der Waals surface area contributed by atoms with Gasteiger partial charge in [-0.15, -0.1) is 0 Å². The van der Waals surface area contributed by atoms with E-state index in [9.17, 15) is 13.2 Å². The van der Waals surface area contributed by atoms with Gasteiger partial charge in [-0.3, -0.25) is 9.35 Å². The summed E-state index contributed by atoms with van der Waals surface area (Å²) in [4.78, 5) is 18.4. The van der Waals surface area contributed by atoms with Gasteiger partial charge in [0.05, 0.1) is 0 Å². The minimum absolute atomic E-state index is 0.116. The number of carbonyl (C=O) groups excluding carboxylic acids is 1. The van der Waals surface area contributed by atoms with E-state index in [1.165, 1.54) is 11.1 Å². The zero-order valence-electron chi connectivity index (χ0n) is 9.76. The summed E-state index contributed by atoms with van der Waals surface area (Å²) >= 11 is 0. The van der Waals surface area contributed by atoms with Crippen LogP contribution in [-0.2, 0) is 15.1 Å². The molecule has 1 N–H and O–H groups in total. The van der Waals surface area contributed by atoms with E-state index < -0.39 is 10.3 Å². The number of aromatic nitrogens is 3. The van der Waals surface area contributed by atoms with Gasteiger partial charge in [-0.05, 0) is 12.1 Å². The van der Waals surface area contributed by atoms with Gasteiger partial charge >= 0.3 is 10.3 Å². The van der Waals surface area contributed by atoms with Gasteiger partial charge in [0.1, 0.15) is 11.8 Å². The maximum absolute atomic E-state index is 10.7. The van der Waals surface area contributed by atoms with Crippen molar-refractivity contribution in [1.82, 2.24) is 18.8 Å². The van der Waals surface area contributed by atoms with Crippen LogP contribution in [-0.4, -0.2) is 52.3 Å². The number of rotatable bonds is 2. The molecular weight excluding hydrogens is 260 g/mol. The Hall–Kier alpha value is -2.00. The number of fused-ring (bicyclic) bond motifs is 1. The van der Waals surface area contributed by atoms with Crippen LogP contribution in [0, 0.1) is 0 Å². The Kier molecular flexibility index (Phi) is 4.34. The maximum atomic E-state index is 10.7. The second-order valence-corrected chi connectivity index (χ2v) is 4.72. The van der Waals surface area contributed by atoms with Gasteiger partial charge in [0.15, 0.2) is 5.65 Å². The first-order valence-corrected chi connectivity index (χ1v) is 6.13. The summed E-state index contributed by atoms with van der Waals surface area (Å²) in [6.45, 7) is 0. The summed E-state index contributed by atoms with van der Waals surface area (Å²) < 4.78 is 30.8. The zero-order valence-corrected chi connectivity index (χ0v) is 10.6. The van der Waals surface area contributed by atoms with Crippen LogP contribution in [0.2, 0.25) is 0 Å². The molecule has 1 amide bonds. The third-order valence-electron chi connectivity index (χ3n) is 1.74. The van der Waals surface area contributed by atoms with E-state index in [1.54, 1.807) is 26.2 Å². The predicted molar refractivity (Wildman–Crippen MR) is 64.2 cm³/mol. The van der Waals surface area contributed by atoms with Crippen LogP contribution in [0.3, 0.4) is 0 Å². The average molecular weight is 272 g/mol. The van der Waals surface area contributed by atoms with E-state index in [1.807, 2.05) is 0 Å². The molecule has 8 nitrogen and oxygen atoms in total. The van der Waals surface area contributed by atoms with Crippen molar-refractivity contribution in [3.8, 4) is 0 Å². The summed E-state index contributed by atoms with van der Waals surface area (Å²) in [7, 11) is -0.919. The van der Waals surface area contributed by atoms with Crippen molar-refractivity contribution in [3.05, 3.63) is 24.7 Å². The smallest absolute Gasteiger partial charge is 0.351 e. The molecule has 0 aliphatic carbocycles. The number of amides is 1. The lowest BCUT2D eigenvalue weighted by molar-refractivity contribution is -0.115. The molecule has 98 valence electrons. The molecule has 0 radical (unpaired) electrons. The molecule has 2 heterocycles. The minimum Gasteiger partial charge on any atom is -0.351 e. The normalized spacial score (nSPS) is 10.6. The Labute approximate surface area is 104 Å². The zero-order chi connectivity index (χ0) is 13.8. The molecule has 0 aliphatic rings. The van der Waals surface area contributed by atoms with E-state index in [-0.39, 0.29) is 5.65 Å². The lowest BCUT2D eigenvalue weighted by Crippen LogP contribution is -2.09. The average Bonchev–Trinajstić information content (AvgIpc) is 2.73. The van der Waals surface area contributed by atoms with Gasteiger partial charge < -0.3 is 4.90 Å². The number of imidazole rings is 1. The van der Waals surface area contributed by atoms with Crippen LogP contribution >= 0.6 is 0 Å². The molecule has 2 aromatic heterocycles. The Morgan fingerprint density at radius 1 is 1.39 bits per heavy atom. The quantitative estimate of drug-likeness (QED) is 0.599. The fraction of sp³-hybridized carbons (Fsp3) is 0.222. The predicted octanol–water partition coefficient (Wildman–Crippen LogP) is -0.213. The van der Waals surface area contributed by atoms with Crippen LogP contribution in [0.1, 0.15) is 0 Å². The summed E-state index contributed by atoms with van der Waals surface area (Å²) in [6, 6.07) is 3.23. The number of carbonyl (C=O) groups is 1. The van der Waals surface area contributed by atoms with E-state index in [0.717, 1.165) is 12.7 Å². The van der Waals surface area contributed by atoms with Crippen LogP contribution in [0.25, 0.3) is 11.2 Å². The molecule has 0 spiro atoms. The van der Waals surface area contributed by atoms with Gasteiger partial charge in [-0.25, -0.2) is 9.97 Å². The summed E-state index contributed by atoms with van der Waals surface area (Å²) in [5.74, 6) is 0. The lowest BCUT2D eigenvalue weighted by Gasteiger charge is -1.95. The van der Waals surface area contributed by atoms with Gasteiger partial charge in [0.25, 0.3) is 0 Å². The molecule has 0 unspecified atom stereocenters. The van der Waals surface area contributed by atoms with Crippen LogP contribution < -0.4 is 0 Å². The third-order valence-corrected chi connectivity index (χ3v) is 2.50. The lowest BCUT2D eigenvalue weighted by atomic mass is 10.4. The second kappa shape index (κ2) is 5.56. The van der Waals surface area contributed by atoms with Crippen molar-refractivity contribution in [2.24, 2.45) is 0 Å². The second-order valence-electron chi connectivity index (χ2n) is 3.43. The van der Waals surface area contributed by atoms with E-state index in [0.29, 0.717) is 9.49 Å². The molecule has 2 rings (SSSR count). The fourth-order valence-corrected chi connectivity index (χ4v) is 1.52. The molecule has 0 saturated carbocycles. The summed E-state index contributed by atoms with van der Waals surface area (Å²) in [5, 5.41) is 0. The molecule has 0 aromatic carbocycles. The molecule has 0 fully saturated rings. The fourth-order valence-electron chi connectivity index (χ4n) is 0.997. The van der Waals surface area contributed by atoms with Gasteiger partial charge in [0.2, 0.25) is 6.41 Å². The van der Waals surface area contributed by atoms with E-state index >= 15 is 0 Å². The Bertz CT molecular complexity index is 635. The molecule has 0 saturated heterocycles. The first kappa shape index (κ1) is 14.1. The number of pyridine rings is 1. The SMILES string of the molecule is CN(C)C=O.O=S(=O)(O)n1cnc2cccnc21. The van der Waals surface area contributed by atoms with Gasteiger partial charge in [-0.2, -0.15) is 12.4 Å². The Morgan fingerprint density at radius 2 is 2.00 bits per heavy atom. The monoisotopic (exact) mass is 272 g/mol. The molecule has 0 atom stereocenters. The molecule has 18 heavy (non-hydrogen) atoms. The molecular formula is C9H12N4O4S. The van der Waals surface area contributed by atoms with Crippen molar-refractivity contribution in [1.29, 1.82) is 0 Å². The van der Waals surface area contributed by atoms with Crippen LogP contribution in [0.15, 0.2) is 24.7 Å². The molecule has 2 aromatic rings. The Morgan fingerprint density at radius 3 is 2.50 bits per heavy atom. The Balaban J connectivity index is 0.000000280. The number of hydrogen-bond acceptors (Lipinski definition) is 5. The largest absolute Gasteiger partial charge is 0.366 e. The first-order chi connectivity index (χ1) is 8.36. The van der Waals surface area contributed by atoms with E-state index in [4.69, 9.17) is 4.55 Å². The third kappa shape index (κ3) is 3.50. The van der Waals surface area contributed by atoms with Crippen molar-refractivity contribution < 1.29 is 17.8 Å². The van der Waals surface area contributed by atoms with Crippen molar-refractivity contribution in [2.45, 2.75) is 0 Å². The van der Waals surface area contributed by atoms with Gasteiger partial charge in [-0.1, -0.05) is 0 Å². The highest BCUT2D eigenvalue weighted by Crippen LogP contribution is 2.09. The van der Waals surface area contributed by atoms with Crippen molar-refractivity contribution in [3.63, 3.8) is 0 Å². The van der Waals surface area contributed by atoms with Crippen LogP contribution in [0.4, 0.5) is 0 Å². The minimum atomic E-state index is -4.29. The van der Waals surface area contributed by atoms with Crippen LogP contribution in [0.5, 0.6) is 0 Å². The highest BCUT2D eigenvalue weighted by Gasteiger charge is 2.12. The number of hydrogen-bond donors (Lipinski definition) is 1. The van der Waals surface area contributed by atoms with Crippen molar-refractivity contribution >= 4 is 27.9 Å². The highest BCUT2D eigenvalue weighted by molar-refractivity contribution is 7.84. The summed E-state index contributed by atoms with van der Waals surface area (Å²) in [5.41, 5.74) is 0.533. The number of nitrogens with zero attached hydrogens (tertiary/aromatic N) is 4. The van der Waals surface area contributed by atoms with Crippen molar-refractivity contribution in [2.75, 3.05) is 14.1 Å². The highest BCUT2D eigenvalue weighted by atomic mass is 32.2. The standard InChI is InChI=1S/C6H5N3O3S.C3H7NO/c10-13(11,12)9-4-8-5-2-1-3-7-6(5)9;1-4(2)3-5/h1-4H,(H,10,11,12);3H,1-2H3. The van der Waals surface area contributed by atoms with E-state index in [2.05, 4.69) is 9.97 Å². The molecule has 9 heteroatoms. The first-order valence-electron chi connectivity index (χ1n) is 4.74. The summed E-state index contributed by atoms with van der Waals surface area (Å²) in [6.07, 6.45) is 3.18. The molecule has 0 bridgehead atoms.